The number of rotatable bonds is 33. The predicted octanol–water partition coefficient (Wildman–Crippen LogP) is 9.09. The Labute approximate surface area is 397 Å². The molecule has 0 radical (unpaired) electrons. The van der Waals surface area contributed by atoms with Crippen LogP contribution in [0, 0.1) is 10.1 Å². The minimum Gasteiger partial charge on any atom is -0.492 e. The zero-order chi connectivity index (χ0) is 48.1. The third-order valence-corrected chi connectivity index (χ3v) is 9.65. The number of esters is 2. The summed E-state index contributed by atoms with van der Waals surface area (Å²) in [5, 5.41) is 19.4. The predicted molar refractivity (Wildman–Crippen MR) is 253 cm³/mol. The summed E-state index contributed by atoms with van der Waals surface area (Å²) in [6.07, 6.45) is 1.09. The van der Waals surface area contributed by atoms with E-state index in [1.807, 2.05) is 93.6 Å². The van der Waals surface area contributed by atoms with Crippen LogP contribution >= 0.6 is 11.6 Å². The van der Waals surface area contributed by atoms with Crippen molar-refractivity contribution in [2.24, 2.45) is 10.2 Å². The average Bonchev–Trinajstić information content (AvgIpc) is 3.30. The van der Waals surface area contributed by atoms with Crippen LogP contribution in [0.15, 0.2) is 101 Å². The Kier molecular flexibility index (Phi) is 24.6. The third kappa shape index (κ3) is 23.1. The van der Waals surface area contributed by atoms with E-state index >= 15 is 0 Å². The molecule has 0 bridgehead atoms. The molecule has 0 fully saturated rings. The Bertz CT molecular complexity index is 2080. The van der Waals surface area contributed by atoms with Gasteiger partial charge < -0.3 is 47.5 Å². The van der Waals surface area contributed by atoms with E-state index in [9.17, 15) is 19.7 Å². The number of ether oxygens (including phenoxy) is 9. The number of aryl methyl sites for hydroxylation is 1. The lowest BCUT2D eigenvalue weighted by molar-refractivity contribution is -0.384. The number of non-ortho nitro benzene ring substituents is 1. The minimum absolute atomic E-state index is 0.113. The summed E-state index contributed by atoms with van der Waals surface area (Å²) in [4.78, 5) is 36.8. The Morgan fingerprint density at radius 1 is 0.642 bits per heavy atom. The first-order valence-corrected chi connectivity index (χ1v) is 22.7. The van der Waals surface area contributed by atoms with Gasteiger partial charge in [-0.05, 0) is 99.8 Å². The number of likely N-dealkylation sites (N-methyl/N-ethyl adjacent to an activating group) is 1. The molecular formula is C49H63ClN4O13. The number of hydrogen-bond donors (Lipinski definition) is 0. The minimum atomic E-state index is -0.518. The summed E-state index contributed by atoms with van der Waals surface area (Å²) in [5.41, 5.74) is 3.20. The maximum Gasteiger partial charge on any atom is 0.310 e. The molecule has 0 aliphatic heterocycles. The highest BCUT2D eigenvalue weighted by Gasteiger charge is 2.16. The second kappa shape index (κ2) is 30.6. The van der Waals surface area contributed by atoms with Crippen LogP contribution < -0.4 is 14.4 Å². The fraction of sp³-hybridized carbons (Fsp3) is 0.469. The van der Waals surface area contributed by atoms with Crippen molar-refractivity contribution in [3.63, 3.8) is 0 Å². The van der Waals surface area contributed by atoms with Gasteiger partial charge in [0.25, 0.3) is 5.69 Å². The molecule has 0 aliphatic carbocycles. The van der Waals surface area contributed by atoms with E-state index in [4.69, 9.17) is 54.2 Å². The van der Waals surface area contributed by atoms with Gasteiger partial charge in [0.2, 0.25) is 0 Å². The quantitative estimate of drug-likeness (QED) is 0.0145. The van der Waals surface area contributed by atoms with Crippen molar-refractivity contribution < 1.29 is 57.1 Å². The molecular weight excluding hydrogens is 888 g/mol. The number of anilines is 1. The molecule has 364 valence electrons. The van der Waals surface area contributed by atoms with Crippen LogP contribution in [0.5, 0.6) is 11.5 Å². The van der Waals surface area contributed by atoms with Crippen molar-refractivity contribution in [1.82, 2.24) is 0 Å². The number of nitro benzene ring substituents is 1. The summed E-state index contributed by atoms with van der Waals surface area (Å²) in [7, 11) is 0. The van der Waals surface area contributed by atoms with Crippen LogP contribution in [-0.2, 0) is 55.6 Å². The lowest BCUT2D eigenvalue weighted by Gasteiger charge is -2.23. The normalized spacial score (nSPS) is 11.4. The Morgan fingerprint density at radius 2 is 1.16 bits per heavy atom. The van der Waals surface area contributed by atoms with Gasteiger partial charge in [-0.1, -0.05) is 35.9 Å². The molecule has 0 atom stereocenters. The number of azo groups is 1. The first-order valence-electron chi connectivity index (χ1n) is 22.3. The molecule has 0 heterocycles. The molecule has 0 saturated carbocycles. The van der Waals surface area contributed by atoms with E-state index in [-0.39, 0.29) is 42.3 Å². The number of hydrogen-bond acceptors (Lipinski definition) is 16. The van der Waals surface area contributed by atoms with Gasteiger partial charge in [-0.25, -0.2) is 0 Å². The van der Waals surface area contributed by atoms with Crippen LogP contribution in [0.2, 0.25) is 5.02 Å². The molecule has 0 spiro atoms. The topological polar surface area (TPSA) is 188 Å². The van der Waals surface area contributed by atoms with Gasteiger partial charge in [-0.2, -0.15) is 5.11 Å². The van der Waals surface area contributed by atoms with Crippen molar-refractivity contribution >= 4 is 46.3 Å². The maximum absolute atomic E-state index is 12.3. The molecule has 0 unspecified atom stereocenters. The van der Waals surface area contributed by atoms with Crippen molar-refractivity contribution in [2.75, 3.05) is 104 Å². The zero-order valence-corrected chi connectivity index (χ0v) is 39.6. The first kappa shape index (κ1) is 53.9. The lowest BCUT2D eigenvalue weighted by Crippen LogP contribution is -2.27. The Hall–Kier alpha value is -5.69. The number of carbonyl (C=O) groups excluding carboxylic acids is 2. The number of halogens is 1. The molecule has 4 aromatic rings. The van der Waals surface area contributed by atoms with Crippen molar-refractivity contribution in [2.45, 2.75) is 52.6 Å². The zero-order valence-electron chi connectivity index (χ0n) is 38.9. The van der Waals surface area contributed by atoms with Crippen LogP contribution in [0.1, 0.15) is 45.2 Å². The number of carbonyl (C=O) groups is 2. The van der Waals surface area contributed by atoms with E-state index in [1.165, 1.54) is 18.2 Å². The summed E-state index contributed by atoms with van der Waals surface area (Å²) in [6.45, 7) is 14.2. The summed E-state index contributed by atoms with van der Waals surface area (Å²) >= 11 is 6.11. The van der Waals surface area contributed by atoms with Crippen LogP contribution in [0.3, 0.4) is 0 Å². The first-order chi connectivity index (χ1) is 32.4. The monoisotopic (exact) mass is 950 g/mol. The molecule has 0 amide bonds. The molecule has 4 rings (SSSR count). The van der Waals surface area contributed by atoms with Gasteiger partial charge in [0.1, 0.15) is 42.6 Å². The molecule has 0 aliphatic rings. The van der Waals surface area contributed by atoms with Gasteiger partial charge in [0.15, 0.2) is 0 Å². The lowest BCUT2D eigenvalue weighted by atomic mass is 10.1. The average molecular weight is 952 g/mol. The summed E-state index contributed by atoms with van der Waals surface area (Å²) in [6, 6.07) is 26.6. The van der Waals surface area contributed by atoms with Crippen LogP contribution in [0.25, 0.3) is 0 Å². The maximum atomic E-state index is 12.3. The SMILES string of the molecule is CCN(CCOc1ccc(CC(=O)OCCOCCOCCOCCOCCOCCOc2ccc(CCC(=O)OC(C)(C)C)cc2)cc1)c1ccc(N=Nc2ccc([N+](=O)[O-])cc2Cl)cc1. The highest BCUT2D eigenvalue weighted by atomic mass is 35.5. The Morgan fingerprint density at radius 3 is 1.69 bits per heavy atom. The largest absolute Gasteiger partial charge is 0.492 e. The fourth-order valence-corrected chi connectivity index (χ4v) is 6.22. The molecule has 4 aromatic carbocycles. The van der Waals surface area contributed by atoms with E-state index in [1.54, 1.807) is 0 Å². The van der Waals surface area contributed by atoms with Crippen molar-refractivity contribution in [3.05, 3.63) is 117 Å². The molecule has 0 aromatic heterocycles. The van der Waals surface area contributed by atoms with E-state index in [2.05, 4.69) is 22.1 Å². The van der Waals surface area contributed by atoms with E-state index < -0.39 is 10.5 Å². The van der Waals surface area contributed by atoms with Crippen molar-refractivity contribution in [3.8, 4) is 11.5 Å². The van der Waals surface area contributed by atoms with Gasteiger partial charge in [-0.3, -0.25) is 19.7 Å². The standard InChI is InChI=1S/C49H63ClN4O13/c1-5-53(41-13-11-40(12-14-41)51-52-46-20-15-42(54(57)58)37-45(46)50)22-23-64-43-18-8-39(9-19-43)36-48(56)66-35-33-63-31-29-61-27-25-59-24-26-60-28-30-62-32-34-65-44-16-6-38(7-17-44)10-21-47(55)67-49(2,3)4/h6-9,11-20,37H,5,10,21-36H2,1-4H3. The number of nitrogens with zero attached hydrogens (tertiary/aromatic N) is 4. The van der Waals surface area contributed by atoms with E-state index in [0.29, 0.717) is 109 Å². The van der Waals surface area contributed by atoms with E-state index in [0.717, 1.165) is 29.1 Å². The number of nitro groups is 1. The number of benzene rings is 4. The van der Waals surface area contributed by atoms with Gasteiger partial charge in [0, 0.05) is 30.8 Å². The third-order valence-electron chi connectivity index (χ3n) is 9.35. The second-order valence-electron chi connectivity index (χ2n) is 15.7. The van der Waals surface area contributed by atoms with Crippen LogP contribution in [-0.4, -0.2) is 121 Å². The van der Waals surface area contributed by atoms with Gasteiger partial charge in [0.05, 0.1) is 94.7 Å². The molecule has 17 nitrogen and oxygen atoms in total. The fourth-order valence-electron chi connectivity index (χ4n) is 6.00. The highest BCUT2D eigenvalue weighted by molar-refractivity contribution is 6.33. The van der Waals surface area contributed by atoms with Crippen LogP contribution in [0.4, 0.5) is 22.7 Å². The van der Waals surface area contributed by atoms with Gasteiger partial charge in [-0.15, -0.1) is 5.11 Å². The summed E-state index contributed by atoms with van der Waals surface area (Å²) in [5.74, 6) is 0.883. The van der Waals surface area contributed by atoms with Crippen molar-refractivity contribution in [1.29, 1.82) is 0 Å². The summed E-state index contributed by atoms with van der Waals surface area (Å²) < 4.78 is 50.0. The van der Waals surface area contributed by atoms with Gasteiger partial charge >= 0.3 is 11.9 Å². The molecule has 0 N–H and O–H groups in total. The second-order valence-corrected chi connectivity index (χ2v) is 16.1. The smallest absolute Gasteiger partial charge is 0.310 e. The molecule has 0 saturated heterocycles. The Balaban J connectivity index is 0.917. The molecule has 18 heteroatoms. The molecule has 67 heavy (non-hydrogen) atoms. The highest BCUT2D eigenvalue weighted by Crippen LogP contribution is 2.31.